The molecule has 0 spiro atoms. The van der Waals surface area contributed by atoms with Crippen LogP contribution in [-0.4, -0.2) is 36.3 Å². The largest absolute Gasteiger partial charge is 0.466 e. The fourth-order valence-corrected chi connectivity index (χ4v) is 3.10. The van der Waals surface area contributed by atoms with Crippen molar-refractivity contribution in [2.45, 2.75) is 58.4 Å². The Morgan fingerprint density at radius 2 is 1.67 bits per heavy atom. The highest BCUT2D eigenvalue weighted by Crippen LogP contribution is 2.15. The summed E-state index contributed by atoms with van der Waals surface area (Å²) in [5.41, 5.74) is 2.08. The summed E-state index contributed by atoms with van der Waals surface area (Å²) in [4.78, 5) is 25.9. The number of ether oxygens (including phenoxy) is 1. The van der Waals surface area contributed by atoms with E-state index in [0.717, 1.165) is 31.4 Å². The molecule has 0 amide bonds. The number of unbranched alkanes of at least 4 members (excludes halogenated alkanes) is 2. The van der Waals surface area contributed by atoms with Gasteiger partial charge in [0.2, 0.25) is 0 Å². The van der Waals surface area contributed by atoms with Crippen LogP contribution >= 0.6 is 0 Å². The summed E-state index contributed by atoms with van der Waals surface area (Å²) in [7, 11) is 0. The number of hydrogen-bond donors (Lipinski definition) is 0. The zero-order chi connectivity index (χ0) is 17.2. The van der Waals surface area contributed by atoms with Crippen LogP contribution in [0.3, 0.4) is 0 Å². The maximum Gasteiger partial charge on any atom is 0.305 e. The Hall–Kier alpha value is -1.68. The van der Waals surface area contributed by atoms with Crippen molar-refractivity contribution in [2.75, 3.05) is 19.7 Å². The number of Topliss-reactive ketones (excluding diaryl/α,β-unsaturated/α-hetero) is 1. The molecule has 0 aromatic heterocycles. The van der Waals surface area contributed by atoms with E-state index in [9.17, 15) is 9.59 Å². The van der Waals surface area contributed by atoms with Crippen molar-refractivity contribution in [1.29, 1.82) is 0 Å². The minimum Gasteiger partial charge on any atom is -0.466 e. The van der Waals surface area contributed by atoms with Crippen LogP contribution in [0.15, 0.2) is 24.3 Å². The molecule has 1 fully saturated rings. The number of benzene rings is 1. The van der Waals surface area contributed by atoms with Crippen LogP contribution in [0.25, 0.3) is 0 Å². The standard InChI is InChI=1S/C20H29NO3/c1-2-24-20(23)9-5-3-4-8-19(22)18-12-10-17(11-13-18)16-21-14-6-7-15-21/h10-13H,2-9,14-16H2,1H3. The second kappa shape index (κ2) is 10.2. The van der Waals surface area contributed by atoms with Crippen LogP contribution in [-0.2, 0) is 16.1 Å². The number of carbonyl (C=O) groups is 2. The molecule has 1 aromatic rings. The van der Waals surface area contributed by atoms with E-state index in [-0.39, 0.29) is 11.8 Å². The first kappa shape index (κ1) is 18.7. The first-order valence-electron chi connectivity index (χ1n) is 9.19. The van der Waals surface area contributed by atoms with Crippen LogP contribution in [0, 0.1) is 0 Å². The average molecular weight is 331 g/mol. The molecule has 24 heavy (non-hydrogen) atoms. The summed E-state index contributed by atoms with van der Waals surface area (Å²) < 4.78 is 4.89. The van der Waals surface area contributed by atoms with Gasteiger partial charge >= 0.3 is 5.97 Å². The third-order valence-electron chi connectivity index (χ3n) is 4.47. The Morgan fingerprint density at radius 1 is 1.00 bits per heavy atom. The molecule has 1 aliphatic heterocycles. The Morgan fingerprint density at radius 3 is 2.33 bits per heavy atom. The molecule has 0 saturated carbocycles. The van der Waals surface area contributed by atoms with Gasteiger partial charge in [-0.2, -0.15) is 0 Å². The molecule has 132 valence electrons. The molecule has 0 radical (unpaired) electrons. The number of likely N-dealkylation sites (tertiary alicyclic amines) is 1. The van der Waals surface area contributed by atoms with Gasteiger partial charge in [0.25, 0.3) is 0 Å². The van der Waals surface area contributed by atoms with Gasteiger partial charge in [0.15, 0.2) is 5.78 Å². The van der Waals surface area contributed by atoms with E-state index >= 15 is 0 Å². The first-order chi connectivity index (χ1) is 11.7. The van der Waals surface area contributed by atoms with Crippen molar-refractivity contribution in [2.24, 2.45) is 0 Å². The number of ketones is 1. The SMILES string of the molecule is CCOC(=O)CCCCCC(=O)c1ccc(CN2CCCC2)cc1. The third-order valence-corrected chi connectivity index (χ3v) is 4.47. The average Bonchev–Trinajstić information content (AvgIpc) is 3.08. The van der Waals surface area contributed by atoms with E-state index in [2.05, 4.69) is 17.0 Å². The fraction of sp³-hybridized carbons (Fsp3) is 0.600. The van der Waals surface area contributed by atoms with Gasteiger partial charge in [0, 0.05) is 24.9 Å². The van der Waals surface area contributed by atoms with Crippen molar-refractivity contribution in [3.8, 4) is 0 Å². The molecule has 1 heterocycles. The van der Waals surface area contributed by atoms with Gasteiger partial charge < -0.3 is 4.74 Å². The molecule has 1 aromatic carbocycles. The highest BCUT2D eigenvalue weighted by atomic mass is 16.5. The van der Waals surface area contributed by atoms with E-state index in [0.29, 0.717) is 19.4 Å². The molecule has 2 rings (SSSR count). The lowest BCUT2D eigenvalue weighted by Crippen LogP contribution is -2.18. The van der Waals surface area contributed by atoms with Gasteiger partial charge in [-0.05, 0) is 51.3 Å². The van der Waals surface area contributed by atoms with E-state index in [1.54, 1.807) is 0 Å². The van der Waals surface area contributed by atoms with E-state index in [1.807, 2.05) is 19.1 Å². The fourth-order valence-electron chi connectivity index (χ4n) is 3.10. The van der Waals surface area contributed by atoms with Crippen LogP contribution in [0.5, 0.6) is 0 Å². The number of carbonyl (C=O) groups excluding carboxylic acids is 2. The Labute approximate surface area is 145 Å². The van der Waals surface area contributed by atoms with Gasteiger partial charge in [-0.3, -0.25) is 14.5 Å². The summed E-state index contributed by atoms with van der Waals surface area (Å²) >= 11 is 0. The van der Waals surface area contributed by atoms with E-state index in [1.165, 1.54) is 31.5 Å². The van der Waals surface area contributed by atoms with Crippen LogP contribution < -0.4 is 0 Å². The lowest BCUT2D eigenvalue weighted by atomic mass is 10.0. The molecule has 4 heteroatoms. The molecule has 0 N–H and O–H groups in total. The highest BCUT2D eigenvalue weighted by Gasteiger charge is 2.12. The molecule has 1 aliphatic rings. The molecule has 0 bridgehead atoms. The maximum absolute atomic E-state index is 12.2. The van der Waals surface area contributed by atoms with Crippen LogP contribution in [0.1, 0.15) is 67.8 Å². The second-order valence-electron chi connectivity index (χ2n) is 6.47. The van der Waals surface area contributed by atoms with Crippen molar-refractivity contribution in [3.63, 3.8) is 0 Å². The third kappa shape index (κ3) is 6.44. The number of hydrogen-bond acceptors (Lipinski definition) is 4. The monoisotopic (exact) mass is 331 g/mol. The second-order valence-corrected chi connectivity index (χ2v) is 6.47. The summed E-state index contributed by atoms with van der Waals surface area (Å²) in [5.74, 6) is 0.0521. The Kier molecular flexibility index (Phi) is 7.96. The van der Waals surface area contributed by atoms with E-state index in [4.69, 9.17) is 4.74 Å². The van der Waals surface area contributed by atoms with Gasteiger partial charge in [-0.1, -0.05) is 30.7 Å². The van der Waals surface area contributed by atoms with Crippen molar-refractivity contribution in [1.82, 2.24) is 4.90 Å². The Balaban J connectivity index is 1.65. The van der Waals surface area contributed by atoms with Gasteiger partial charge in [-0.15, -0.1) is 0 Å². The number of rotatable bonds is 10. The molecule has 0 atom stereocenters. The molecular formula is C20H29NO3. The molecule has 1 saturated heterocycles. The lowest BCUT2D eigenvalue weighted by molar-refractivity contribution is -0.143. The molecule has 4 nitrogen and oxygen atoms in total. The predicted molar refractivity (Wildman–Crippen MR) is 95.0 cm³/mol. The highest BCUT2D eigenvalue weighted by molar-refractivity contribution is 5.96. The lowest BCUT2D eigenvalue weighted by Gasteiger charge is -2.14. The molecule has 0 aliphatic carbocycles. The topological polar surface area (TPSA) is 46.6 Å². The van der Waals surface area contributed by atoms with Crippen molar-refractivity contribution >= 4 is 11.8 Å². The number of nitrogens with zero attached hydrogens (tertiary/aromatic N) is 1. The predicted octanol–water partition coefficient (Wildman–Crippen LogP) is 3.98. The first-order valence-corrected chi connectivity index (χ1v) is 9.19. The van der Waals surface area contributed by atoms with Gasteiger partial charge in [-0.25, -0.2) is 0 Å². The van der Waals surface area contributed by atoms with Crippen molar-refractivity contribution in [3.05, 3.63) is 35.4 Å². The van der Waals surface area contributed by atoms with Gasteiger partial charge in [0.1, 0.15) is 0 Å². The van der Waals surface area contributed by atoms with Crippen LogP contribution in [0.4, 0.5) is 0 Å². The quantitative estimate of drug-likeness (QED) is 0.370. The molecular weight excluding hydrogens is 302 g/mol. The van der Waals surface area contributed by atoms with E-state index < -0.39 is 0 Å². The Bertz CT molecular complexity index is 518. The summed E-state index contributed by atoms with van der Waals surface area (Å²) in [5, 5.41) is 0. The summed E-state index contributed by atoms with van der Waals surface area (Å²) in [6, 6.07) is 8.05. The molecule has 0 unspecified atom stereocenters. The summed E-state index contributed by atoms with van der Waals surface area (Å²) in [6.45, 7) is 5.61. The number of esters is 1. The smallest absolute Gasteiger partial charge is 0.305 e. The maximum atomic E-state index is 12.2. The van der Waals surface area contributed by atoms with Crippen molar-refractivity contribution < 1.29 is 14.3 Å². The normalized spacial score (nSPS) is 14.7. The van der Waals surface area contributed by atoms with Crippen LogP contribution in [0.2, 0.25) is 0 Å². The minimum atomic E-state index is -0.141. The summed E-state index contributed by atoms with van der Waals surface area (Å²) in [6.07, 6.45) is 6.10. The van der Waals surface area contributed by atoms with Gasteiger partial charge in [0.05, 0.1) is 6.61 Å². The minimum absolute atomic E-state index is 0.141. The zero-order valence-corrected chi connectivity index (χ0v) is 14.8. The zero-order valence-electron chi connectivity index (χ0n) is 14.8.